The van der Waals surface area contributed by atoms with Crippen molar-refractivity contribution < 1.29 is 4.42 Å². The summed E-state index contributed by atoms with van der Waals surface area (Å²) in [4.78, 5) is 16.8. The third-order valence-electron chi connectivity index (χ3n) is 14.4. The van der Waals surface area contributed by atoms with Gasteiger partial charge in [-0.15, -0.1) is 22.7 Å². The summed E-state index contributed by atoms with van der Waals surface area (Å²) in [6.45, 7) is 0. The van der Waals surface area contributed by atoms with Crippen molar-refractivity contribution in [2.24, 2.45) is 0 Å². The fraction of sp³-hybridized carbons (Fsp3) is 0. The number of fused-ring (bicyclic) bond motifs is 17. The van der Waals surface area contributed by atoms with Crippen molar-refractivity contribution in [1.82, 2.24) is 19.5 Å². The molecule has 0 spiro atoms. The van der Waals surface area contributed by atoms with E-state index in [1.807, 2.05) is 0 Å². The summed E-state index contributed by atoms with van der Waals surface area (Å²) in [5.74, 6) is 1.80. The third kappa shape index (κ3) is 5.44. The highest BCUT2D eigenvalue weighted by atomic mass is 32.1. The maximum atomic E-state index is 7.03. The maximum Gasteiger partial charge on any atom is 0.166 e. The van der Waals surface area contributed by atoms with Crippen LogP contribution in [0.1, 0.15) is 0 Å². The molecule has 0 unspecified atom stereocenters. The fourth-order valence-electron chi connectivity index (χ4n) is 11.3. The molecule has 16 rings (SSSR count). The second kappa shape index (κ2) is 14.4. The molecule has 5 aromatic heterocycles. The lowest BCUT2D eigenvalue weighted by atomic mass is 10.0. The summed E-state index contributed by atoms with van der Waals surface area (Å²) in [5.41, 5.74) is 7.55. The van der Waals surface area contributed by atoms with Crippen LogP contribution in [0.25, 0.3) is 156 Å². The molecule has 0 aliphatic carbocycles. The molecule has 0 aliphatic rings. The molecule has 324 valence electrons. The number of thiophene rings is 2. The van der Waals surface area contributed by atoms with Crippen LogP contribution >= 0.6 is 22.7 Å². The van der Waals surface area contributed by atoms with Gasteiger partial charge in [0.05, 0.1) is 16.7 Å². The van der Waals surface area contributed by atoms with Gasteiger partial charge in [-0.3, -0.25) is 0 Å². The van der Waals surface area contributed by atoms with E-state index in [1.54, 1.807) is 22.7 Å². The second-order valence-electron chi connectivity index (χ2n) is 18.2. The Kier molecular flexibility index (Phi) is 7.86. The molecule has 0 saturated heterocycles. The van der Waals surface area contributed by atoms with Crippen LogP contribution in [-0.4, -0.2) is 19.5 Å². The van der Waals surface area contributed by atoms with E-state index in [9.17, 15) is 0 Å². The van der Waals surface area contributed by atoms with E-state index >= 15 is 0 Å². The van der Waals surface area contributed by atoms with E-state index in [0.29, 0.717) is 17.5 Å². The van der Waals surface area contributed by atoms with Gasteiger partial charge in [0.25, 0.3) is 0 Å². The lowest BCUT2D eigenvalue weighted by Gasteiger charge is -2.16. The maximum absolute atomic E-state index is 7.03. The van der Waals surface area contributed by atoms with E-state index in [2.05, 4.69) is 211 Å². The Bertz CT molecular complexity index is 4790. The van der Waals surface area contributed by atoms with Gasteiger partial charge in [0.2, 0.25) is 0 Å². The summed E-state index contributed by atoms with van der Waals surface area (Å²) in [5, 5.41) is 16.1. The Morgan fingerprint density at radius 2 is 0.857 bits per heavy atom. The SMILES string of the molecule is c1ccc2cc3c(cc2c1)c1c2ccccc2ccc1n3-c1cc2c(cc1-c1nc(-c3cccc4sc5ccccc5c34)nc(-c3cccc4sc5ccccc5c34)n1)oc1c3ccccc3ccc21. The number of furan rings is 1. The summed E-state index contributed by atoms with van der Waals surface area (Å²) in [7, 11) is 0. The van der Waals surface area contributed by atoms with E-state index in [1.165, 1.54) is 61.9 Å². The number of rotatable bonds is 4. The topological polar surface area (TPSA) is 56.7 Å². The summed E-state index contributed by atoms with van der Waals surface area (Å²) in [6, 6.07) is 74.3. The molecular weight excluding hydrogens is 893 g/mol. The molecule has 70 heavy (non-hydrogen) atoms. The number of hydrogen-bond acceptors (Lipinski definition) is 6. The molecule has 5 nitrogen and oxygen atoms in total. The quantitative estimate of drug-likeness (QED) is 0.176. The minimum absolute atomic E-state index is 0.562. The predicted octanol–water partition coefficient (Wildman–Crippen LogP) is 18.1. The molecule has 0 radical (unpaired) electrons. The van der Waals surface area contributed by atoms with Crippen molar-refractivity contribution in [2.75, 3.05) is 0 Å². The predicted molar refractivity (Wildman–Crippen MR) is 296 cm³/mol. The Balaban J connectivity index is 1.08. The normalized spacial score (nSPS) is 12.3. The van der Waals surface area contributed by atoms with Crippen LogP contribution in [0.5, 0.6) is 0 Å². The van der Waals surface area contributed by atoms with Gasteiger partial charge in [-0.1, -0.05) is 146 Å². The number of nitrogens with zero attached hydrogens (tertiary/aromatic N) is 4. The van der Waals surface area contributed by atoms with Crippen LogP contribution in [-0.2, 0) is 0 Å². The van der Waals surface area contributed by atoms with Crippen molar-refractivity contribution in [3.05, 3.63) is 206 Å². The third-order valence-corrected chi connectivity index (χ3v) is 16.7. The highest BCUT2D eigenvalue weighted by molar-refractivity contribution is 7.26. The molecule has 0 bridgehead atoms. The Morgan fingerprint density at radius 3 is 1.53 bits per heavy atom. The molecule has 16 aromatic rings. The summed E-state index contributed by atoms with van der Waals surface area (Å²) < 4.78 is 14.3. The molecule has 0 aliphatic heterocycles. The zero-order valence-corrected chi connectivity index (χ0v) is 38.8. The van der Waals surface area contributed by atoms with Crippen LogP contribution in [0.3, 0.4) is 0 Å². The monoisotopic (exact) mass is 926 g/mol. The molecule has 0 amide bonds. The molecule has 7 heteroatoms. The Labute approximate surface area is 406 Å². The zero-order chi connectivity index (χ0) is 45.6. The zero-order valence-electron chi connectivity index (χ0n) is 37.1. The van der Waals surface area contributed by atoms with Crippen LogP contribution in [0.4, 0.5) is 0 Å². The molecule has 0 saturated carbocycles. The van der Waals surface area contributed by atoms with Crippen molar-refractivity contribution in [3.8, 4) is 39.9 Å². The second-order valence-corrected chi connectivity index (χ2v) is 20.4. The smallest absolute Gasteiger partial charge is 0.166 e. The average Bonchev–Trinajstić information content (AvgIpc) is 4.18. The first-order valence-electron chi connectivity index (χ1n) is 23.5. The van der Waals surface area contributed by atoms with Gasteiger partial charge in [0, 0.05) is 84.0 Å². The molecule has 5 heterocycles. The van der Waals surface area contributed by atoms with Crippen LogP contribution < -0.4 is 0 Å². The van der Waals surface area contributed by atoms with Crippen molar-refractivity contribution in [2.45, 2.75) is 0 Å². The number of benzene rings is 11. The van der Waals surface area contributed by atoms with E-state index in [0.717, 1.165) is 76.9 Å². The average molecular weight is 927 g/mol. The Morgan fingerprint density at radius 1 is 0.329 bits per heavy atom. The van der Waals surface area contributed by atoms with Crippen molar-refractivity contribution in [1.29, 1.82) is 0 Å². The van der Waals surface area contributed by atoms with Crippen LogP contribution in [0, 0.1) is 0 Å². The number of aromatic nitrogens is 4. The molecule has 11 aromatic carbocycles. The highest BCUT2D eigenvalue weighted by Gasteiger charge is 2.25. The standard InChI is InChI=1S/C63H34N4OS2/c1-2-16-38-32-50-47(31-37(38)15-1)57-39-17-5-3-13-35(39)28-30-49(57)67(50)51-33-46-41-29-27-36-14-4-6-18-40(36)60(41)68-52(46)34-48(51)63-65-61(44-21-11-25-55-58(44)42-19-7-9-23-53(42)69-55)64-62(66-63)45-22-12-26-56-59(45)43-20-8-10-24-54(43)70-56/h1-34H. The Hall–Kier alpha value is -8.75. The van der Waals surface area contributed by atoms with E-state index in [-0.39, 0.29) is 0 Å². The first kappa shape index (κ1) is 38.2. The highest BCUT2D eigenvalue weighted by Crippen LogP contribution is 2.46. The van der Waals surface area contributed by atoms with Crippen molar-refractivity contribution in [3.63, 3.8) is 0 Å². The largest absolute Gasteiger partial charge is 0.455 e. The van der Waals surface area contributed by atoms with Gasteiger partial charge in [-0.25, -0.2) is 15.0 Å². The van der Waals surface area contributed by atoms with E-state index in [4.69, 9.17) is 19.4 Å². The lowest BCUT2D eigenvalue weighted by molar-refractivity contribution is 0.672. The molecular formula is C63H34N4OS2. The van der Waals surface area contributed by atoms with Gasteiger partial charge < -0.3 is 8.98 Å². The lowest BCUT2D eigenvalue weighted by Crippen LogP contribution is -2.04. The minimum atomic E-state index is 0.562. The molecule has 0 atom stereocenters. The van der Waals surface area contributed by atoms with Gasteiger partial charge in [-0.05, 0) is 87.6 Å². The molecule has 0 fully saturated rings. The first-order chi connectivity index (χ1) is 34.7. The van der Waals surface area contributed by atoms with Crippen molar-refractivity contribution >= 4 is 139 Å². The van der Waals surface area contributed by atoms with Gasteiger partial charge >= 0.3 is 0 Å². The van der Waals surface area contributed by atoms with Gasteiger partial charge in [-0.2, -0.15) is 0 Å². The summed E-state index contributed by atoms with van der Waals surface area (Å²) in [6.07, 6.45) is 0. The molecule has 0 N–H and O–H groups in total. The van der Waals surface area contributed by atoms with E-state index < -0.39 is 0 Å². The fourth-order valence-corrected chi connectivity index (χ4v) is 13.6. The van der Waals surface area contributed by atoms with Crippen LogP contribution in [0.2, 0.25) is 0 Å². The minimum Gasteiger partial charge on any atom is -0.455 e. The van der Waals surface area contributed by atoms with Gasteiger partial charge in [0.1, 0.15) is 11.2 Å². The van der Waals surface area contributed by atoms with Crippen LogP contribution in [0.15, 0.2) is 211 Å². The number of hydrogen-bond donors (Lipinski definition) is 0. The summed E-state index contributed by atoms with van der Waals surface area (Å²) >= 11 is 3.60. The van der Waals surface area contributed by atoms with Gasteiger partial charge in [0.15, 0.2) is 17.5 Å². The first-order valence-corrected chi connectivity index (χ1v) is 25.1.